The van der Waals surface area contributed by atoms with Crippen LogP contribution in [0.4, 0.5) is 11.5 Å². The van der Waals surface area contributed by atoms with Gasteiger partial charge in [-0.3, -0.25) is 0 Å². The average Bonchev–Trinajstić information content (AvgIpc) is 2.10. The number of aliphatic hydroxyl groups is 2. The maximum atomic E-state index is 8.60. The van der Waals surface area contributed by atoms with E-state index in [2.05, 4.69) is 10.3 Å². The SMILES string of the molecule is Cc1cc(NCCC(O)O)ncc1N. The molecule has 0 unspecified atom stereocenters. The van der Waals surface area contributed by atoms with Crippen LogP contribution in [0.3, 0.4) is 0 Å². The van der Waals surface area contributed by atoms with E-state index in [1.165, 1.54) is 0 Å². The van der Waals surface area contributed by atoms with Crippen molar-refractivity contribution < 1.29 is 10.2 Å². The van der Waals surface area contributed by atoms with Gasteiger partial charge in [0.25, 0.3) is 0 Å². The molecule has 0 saturated carbocycles. The molecule has 0 bridgehead atoms. The average molecular weight is 197 g/mol. The Hall–Kier alpha value is -1.33. The number of rotatable bonds is 4. The first kappa shape index (κ1) is 10.7. The third-order valence-electron chi connectivity index (χ3n) is 1.86. The molecule has 5 nitrogen and oxygen atoms in total. The third-order valence-corrected chi connectivity index (χ3v) is 1.86. The Kier molecular flexibility index (Phi) is 3.67. The van der Waals surface area contributed by atoms with Crippen LogP contribution in [0.15, 0.2) is 12.3 Å². The molecule has 0 saturated heterocycles. The fourth-order valence-electron chi connectivity index (χ4n) is 0.993. The van der Waals surface area contributed by atoms with Crippen LogP contribution in [0.1, 0.15) is 12.0 Å². The summed E-state index contributed by atoms with van der Waals surface area (Å²) in [5.41, 5.74) is 7.20. The Bertz CT molecular complexity index is 302. The maximum absolute atomic E-state index is 8.60. The fraction of sp³-hybridized carbons (Fsp3) is 0.444. The molecule has 5 N–H and O–H groups in total. The predicted octanol–water partition coefficient (Wildman–Crippen LogP) is 0.0849. The monoisotopic (exact) mass is 197 g/mol. The minimum atomic E-state index is -1.28. The summed E-state index contributed by atoms with van der Waals surface area (Å²) < 4.78 is 0. The van der Waals surface area contributed by atoms with Crippen LogP contribution >= 0.6 is 0 Å². The number of nitrogens with zero attached hydrogens (tertiary/aromatic N) is 1. The number of aliphatic hydroxyl groups excluding tert-OH is 1. The molecule has 0 aliphatic heterocycles. The van der Waals surface area contributed by atoms with E-state index in [0.29, 0.717) is 18.1 Å². The molecule has 5 heteroatoms. The van der Waals surface area contributed by atoms with Gasteiger partial charge in [-0.05, 0) is 18.6 Å². The molecule has 0 amide bonds. The highest BCUT2D eigenvalue weighted by molar-refractivity contribution is 5.50. The van der Waals surface area contributed by atoms with Crippen LogP contribution in [0.5, 0.6) is 0 Å². The van der Waals surface area contributed by atoms with Gasteiger partial charge in [0.2, 0.25) is 0 Å². The molecule has 0 atom stereocenters. The van der Waals surface area contributed by atoms with Crippen molar-refractivity contribution >= 4 is 11.5 Å². The molecule has 0 aliphatic rings. The standard InChI is InChI=1S/C9H15N3O2/c1-6-4-8(12-5-7(6)10)11-3-2-9(13)14/h4-5,9,13-14H,2-3,10H2,1H3,(H,11,12). The molecule has 1 aromatic rings. The van der Waals surface area contributed by atoms with Gasteiger partial charge in [-0.2, -0.15) is 0 Å². The molecule has 0 fully saturated rings. The minimum Gasteiger partial charge on any atom is -0.397 e. The van der Waals surface area contributed by atoms with Crippen molar-refractivity contribution in [2.45, 2.75) is 19.6 Å². The van der Waals surface area contributed by atoms with Crippen molar-refractivity contribution in [3.05, 3.63) is 17.8 Å². The summed E-state index contributed by atoms with van der Waals surface area (Å²) in [7, 11) is 0. The smallest absolute Gasteiger partial charge is 0.153 e. The Morgan fingerprint density at radius 3 is 2.86 bits per heavy atom. The maximum Gasteiger partial charge on any atom is 0.153 e. The van der Waals surface area contributed by atoms with Gasteiger partial charge in [-0.25, -0.2) is 4.98 Å². The number of hydrogen-bond acceptors (Lipinski definition) is 5. The second kappa shape index (κ2) is 4.78. The first-order valence-corrected chi connectivity index (χ1v) is 4.41. The minimum absolute atomic E-state index is 0.269. The van der Waals surface area contributed by atoms with E-state index >= 15 is 0 Å². The topological polar surface area (TPSA) is 91.4 Å². The zero-order valence-electron chi connectivity index (χ0n) is 8.07. The number of pyridine rings is 1. The Morgan fingerprint density at radius 1 is 1.57 bits per heavy atom. The summed E-state index contributed by atoms with van der Waals surface area (Å²) in [6.45, 7) is 2.36. The van der Waals surface area contributed by atoms with Crippen LogP contribution in [0, 0.1) is 6.92 Å². The predicted molar refractivity (Wildman–Crippen MR) is 54.7 cm³/mol. The van der Waals surface area contributed by atoms with Crippen LogP contribution < -0.4 is 11.1 Å². The lowest BCUT2D eigenvalue weighted by Crippen LogP contribution is -2.12. The van der Waals surface area contributed by atoms with Gasteiger partial charge >= 0.3 is 0 Å². The molecule has 1 heterocycles. The molecule has 78 valence electrons. The number of aromatic nitrogens is 1. The van der Waals surface area contributed by atoms with E-state index in [9.17, 15) is 0 Å². The van der Waals surface area contributed by atoms with Gasteiger partial charge in [0.05, 0.1) is 11.9 Å². The first-order chi connectivity index (χ1) is 6.59. The summed E-state index contributed by atoms with van der Waals surface area (Å²) in [6.07, 6.45) is 0.565. The Balaban J connectivity index is 2.47. The number of anilines is 2. The number of nitrogen functional groups attached to an aromatic ring is 1. The molecular weight excluding hydrogens is 182 g/mol. The zero-order chi connectivity index (χ0) is 10.6. The molecule has 14 heavy (non-hydrogen) atoms. The normalized spacial score (nSPS) is 10.6. The number of hydrogen-bond donors (Lipinski definition) is 4. The second-order valence-corrected chi connectivity index (χ2v) is 3.12. The second-order valence-electron chi connectivity index (χ2n) is 3.12. The third kappa shape index (κ3) is 3.20. The molecule has 0 aromatic carbocycles. The quantitative estimate of drug-likeness (QED) is 0.513. The van der Waals surface area contributed by atoms with Crippen molar-refractivity contribution in [2.75, 3.05) is 17.6 Å². The van der Waals surface area contributed by atoms with E-state index in [1.54, 1.807) is 6.20 Å². The van der Waals surface area contributed by atoms with Gasteiger partial charge in [-0.15, -0.1) is 0 Å². The Labute approximate surface area is 82.6 Å². The van der Waals surface area contributed by atoms with Gasteiger partial charge in [0, 0.05) is 13.0 Å². The molecule has 1 aromatic heterocycles. The van der Waals surface area contributed by atoms with E-state index in [1.807, 2.05) is 13.0 Å². The number of nitrogens with one attached hydrogen (secondary N) is 1. The first-order valence-electron chi connectivity index (χ1n) is 4.41. The van der Waals surface area contributed by atoms with Crippen LogP contribution in [-0.4, -0.2) is 28.0 Å². The van der Waals surface area contributed by atoms with Crippen molar-refractivity contribution in [2.24, 2.45) is 0 Å². The van der Waals surface area contributed by atoms with Crippen molar-refractivity contribution in [1.29, 1.82) is 0 Å². The van der Waals surface area contributed by atoms with Crippen LogP contribution in [-0.2, 0) is 0 Å². The molecule has 1 rings (SSSR count). The summed E-state index contributed by atoms with van der Waals surface area (Å²) in [4.78, 5) is 4.04. The summed E-state index contributed by atoms with van der Waals surface area (Å²) in [6, 6.07) is 1.82. The highest BCUT2D eigenvalue weighted by Gasteiger charge is 1.99. The lowest BCUT2D eigenvalue weighted by molar-refractivity contribution is -0.0423. The van der Waals surface area contributed by atoms with E-state index in [-0.39, 0.29) is 6.42 Å². The summed E-state index contributed by atoms with van der Waals surface area (Å²) in [5.74, 6) is 0.692. The largest absolute Gasteiger partial charge is 0.397 e. The van der Waals surface area contributed by atoms with Crippen molar-refractivity contribution in [3.63, 3.8) is 0 Å². The zero-order valence-corrected chi connectivity index (χ0v) is 8.07. The van der Waals surface area contributed by atoms with E-state index < -0.39 is 6.29 Å². The fourth-order valence-corrected chi connectivity index (χ4v) is 0.993. The number of nitrogens with two attached hydrogens (primary N) is 1. The van der Waals surface area contributed by atoms with Gasteiger partial charge in [0.15, 0.2) is 6.29 Å². The number of aryl methyl sites for hydroxylation is 1. The highest BCUT2D eigenvalue weighted by atomic mass is 16.5. The molecule has 0 aliphatic carbocycles. The molecular formula is C9H15N3O2. The van der Waals surface area contributed by atoms with Crippen LogP contribution in [0.25, 0.3) is 0 Å². The summed E-state index contributed by atoms with van der Waals surface area (Å²) >= 11 is 0. The molecule has 0 spiro atoms. The van der Waals surface area contributed by atoms with Gasteiger partial charge in [-0.1, -0.05) is 0 Å². The summed E-state index contributed by atoms with van der Waals surface area (Å²) in [5, 5.41) is 20.2. The Morgan fingerprint density at radius 2 is 2.29 bits per heavy atom. The van der Waals surface area contributed by atoms with Gasteiger partial charge < -0.3 is 21.3 Å². The van der Waals surface area contributed by atoms with Crippen molar-refractivity contribution in [1.82, 2.24) is 4.98 Å². The lowest BCUT2D eigenvalue weighted by Gasteiger charge is -2.08. The van der Waals surface area contributed by atoms with E-state index in [4.69, 9.17) is 15.9 Å². The highest BCUT2D eigenvalue weighted by Crippen LogP contribution is 2.12. The van der Waals surface area contributed by atoms with Crippen LogP contribution in [0.2, 0.25) is 0 Å². The van der Waals surface area contributed by atoms with Gasteiger partial charge in [0.1, 0.15) is 5.82 Å². The van der Waals surface area contributed by atoms with Crippen molar-refractivity contribution in [3.8, 4) is 0 Å². The molecule has 0 radical (unpaired) electrons. The lowest BCUT2D eigenvalue weighted by atomic mass is 10.2. The van der Waals surface area contributed by atoms with E-state index in [0.717, 1.165) is 5.56 Å².